The van der Waals surface area contributed by atoms with E-state index in [9.17, 15) is 14.4 Å². The number of likely N-dealkylation sites (tertiary alicyclic amines) is 1. The molecule has 0 bridgehead atoms. The van der Waals surface area contributed by atoms with Gasteiger partial charge in [-0.2, -0.15) is 0 Å². The van der Waals surface area contributed by atoms with Crippen molar-refractivity contribution < 1.29 is 14.4 Å². The van der Waals surface area contributed by atoms with Crippen molar-refractivity contribution in [1.82, 2.24) is 10.2 Å². The number of amides is 3. The van der Waals surface area contributed by atoms with Gasteiger partial charge < -0.3 is 4.90 Å². The zero-order chi connectivity index (χ0) is 14.1. The first-order chi connectivity index (χ1) is 9.65. The van der Waals surface area contributed by atoms with Crippen molar-refractivity contribution in [1.29, 1.82) is 0 Å². The van der Waals surface area contributed by atoms with Gasteiger partial charge in [0.2, 0.25) is 17.7 Å². The van der Waals surface area contributed by atoms with Crippen LogP contribution in [-0.4, -0.2) is 35.2 Å². The zero-order valence-corrected chi connectivity index (χ0v) is 11.0. The zero-order valence-electron chi connectivity index (χ0n) is 11.0. The molecule has 2 heterocycles. The summed E-state index contributed by atoms with van der Waals surface area (Å²) in [7, 11) is 0. The number of benzene rings is 1. The fourth-order valence-electron chi connectivity index (χ4n) is 2.96. The van der Waals surface area contributed by atoms with Crippen LogP contribution in [0.1, 0.15) is 30.7 Å². The third kappa shape index (κ3) is 2.31. The molecular weight excluding hydrogens is 256 g/mol. The minimum atomic E-state index is -0.492. The minimum Gasteiger partial charge on any atom is -0.330 e. The summed E-state index contributed by atoms with van der Waals surface area (Å²) in [6, 6.07) is 9.37. The van der Waals surface area contributed by atoms with E-state index < -0.39 is 6.04 Å². The van der Waals surface area contributed by atoms with Gasteiger partial charge in [0.05, 0.1) is 0 Å². The number of carbonyl (C=O) groups is 3. The van der Waals surface area contributed by atoms with Gasteiger partial charge in [0, 0.05) is 25.3 Å². The van der Waals surface area contributed by atoms with Crippen LogP contribution >= 0.6 is 0 Å². The van der Waals surface area contributed by atoms with Crippen molar-refractivity contribution in [3.8, 4) is 0 Å². The molecule has 1 unspecified atom stereocenters. The lowest BCUT2D eigenvalue weighted by atomic mass is 9.98. The van der Waals surface area contributed by atoms with Gasteiger partial charge in [0.15, 0.2) is 0 Å². The van der Waals surface area contributed by atoms with Crippen LogP contribution in [0.15, 0.2) is 30.3 Å². The highest BCUT2D eigenvalue weighted by molar-refractivity contribution is 6.01. The summed E-state index contributed by atoms with van der Waals surface area (Å²) in [5.74, 6) is -0.469. The van der Waals surface area contributed by atoms with Crippen molar-refractivity contribution in [3.05, 3.63) is 35.9 Å². The lowest BCUT2D eigenvalue weighted by Gasteiger charge is -2.29. The first-order valence-electron chi connectivity index (χ1n) is 6.83. The second kappa shape index (κ2) is 5.07. The van der Waals surface area contributed by atoms with Crippen LogP contribution in [0.4, 0.5) is 0 Å². The van der Waals surface area contributed by atoms with Crippen LogP contribution in [0, 0.1) is 0 Å². The molecule has 2 fully saturated rings. The molecule has 3 rings (SSSR count). The van der Waals surface area contributed by atoms with Crippen molar-refractivity contribution in [2.24, 2.45) is 0 Å². The molecule has 2 saturated heterocycles. The molecule has 2 aliphatic rings. The van der Waals surface area contributed by atoms with Crippen molar-refractivity contribution in [3.63, 3.8) is 0 Å². The molecule has 0 saturated carbocycles. The molecule has 2 aliphatic heterocycles. The number of carbonyl (C=O) groups excluding carboxylic acids is 3. The van der Waals surface area contributed by atoms with E-state index in [1.165, 1.54) is 0 Å². The molecule has 0 spiro atoms. The topological polar surface area (TPSA) is 66.5 Å². The Balaban J connectivity index is 1.74. The molecule has 1 aromatic rings. The highest BCUT2D eigenvalue weighted by atomic mass is 16.2. The van der Waals surface area contributed by atoms with E-state index in [4.69, 9.17) is 0 Å². The largest absolute Gasteiger partial charge is 0.330 e. The Hall–Kier alpha value is -2.17. The third-order valence-electron chi connectivity index (χ3n) is 4.02. The number of piperidine rings is 1. The second-order valence-corrected chi connectivity index (χ2v) is 5.32. The summed E-state index contributed by atoms with van der Waals surface area (Å²) in [6.45, 7) is 0.551. The summed E-state index contributed by atoms with van der Waals surface area (Å²) in [6.07, 6.45) is 1.16. The van der Waals surface area contributed by atoms with Crippen molar-refractivity contribution in [2.75, 3.05) is 6.54 Å². The summed E-state index contributed by atoms with van der Waals surface area (Å²) in [4.78, 5) is 36.8. The van der Waals surface area contributed by atoms with E-state index >= 15 is 0 Å². The van der Waals surface area contributed by atoms with Gasteiger partial charge in [-0.1, -0.05) is 30.3 Å². The lowest BCUT2D eigenvalue weighted by molar-refractivity contribution is -0.143. The van der Waals surface area contributed by atoms with Crippen LogP contribution < -0.4 is 5.32 Å². The van der Waals surface area contributed by atoms with E-state index in [2.05, 4.69) is 5.32 Å². The van der Waals surface area contributed by atoms with Crippen molar-refractivity contribution in [2.45, 2.75) is 31.2 Å². The quantitative estimate of drug-likeness (QED) is 0.810. The minimum absolute atomic E-state index is 0.00616. The average molecular weight is 272 g/mol. The normalized spacial score (nSPS) is 26.8. The summed E-state index contributed by atoms with van der Waals surface area (Å²) < 4.78 is 0. The smallest absolute Gasteiger partial charge is 0.249 e. The van der Waals surface area contributed by atoms with Crippen LogP contribution in [0.25, 0.3) is 0 Å². The maximum Gasteiger partial charge on any atom is 0.249 e. The number of hydrogen-bond acceptors (Lipinski definition) is 3. The highest BCUT2D eigenvalue weighted by Gasteiger charge is 2.40. The monoisotopic (exact) mass is 272 g/mol. The highest BCUT2D eigenvalue weighted by Crippen LogP contribution is 2.30. The second-order valence-electron chi connectivity index (χ2n) is 5.32. The molecule has 104 valence electrons. The Kier molecular flexibility index (Phi) is 3.26. The molecule has 5 heteroatoms. The van der Waals surface area contributed by atoms with Crippen molar-refractivity contribution >= 4 is 17.7 Å². The Bertz CT molecular complexity index is 555. The molecule has 0 radical (unpaired) electrons. The van der Waals surface area contributed by atoms with Gasteiger partial charge >= 0.3 is 0 Å². The maximum absolute atomic E-state index is 12.1. The fraction of sp³-hybridized carbons (Fsp3) is 0.400. The van der Waals surface area contributed by atoms with Crippen LogP contribution in [-0.2, 0) is 14.4 Å². The van der Waals surface area contributed by atoms with E-state index in [0.717, 1.165) is 5.56 Å². The Morgan fingerprint density at radius 2 is 1.85 bits per heavy atom. The Labute approximate surface area is 116 Å². The average Bonchev–Trinajstić information content (AvgIpc) is 2.82. The maximum atomic E-state index is 12.1. The first kappa shape index (κ1) is 12.8. The van der Waals surface area contributed by atoms with E-state index in [0.29, 0.717) is 25.8 Å². The number of rotatable bonds is 2. The van der Waals surface area contributed by atoms with Crippen LogP contribution in [0.3, 0.4) is 0 Å². The summed E-state index contributed by atoms with van der Waals surface area (Å²) in [5.41, 5.74) is 1.12. The van der Waals surface area contributed by atoms with E-state index in [-0.39, 0.29) is 23.6 Å². The van der Waals surface area contributed by atoms with E-state index in [1.54, 1.807) is 4.90 Å². The molecule has 0 aliphatic carbocycles. The predicted octanol–water partition coefficient (Wildman–Crippen LogP) is 0.808. The third-order valence-corrected chi connectivity index (χ3v) is 4.02. The molecular formula is C15H16N2O3. The molecule has 5 nitrogen and oxygen atoms in total. The molecule has 3 amide bonds. The molecule has 1 N–H and O–H groups in total. The van der Waals surface area contributed by atoms with Crippen LogP contribution in [0.2, 0.25) is 0 Å². The number of imide groups is 1. The SMILES string of the molecule is O=C1CCC(N2C[C@H](c3ccccc3)CC2=O)C(=O)N1. The predicted molar refractivity (Wildman–Crippen MR) is 71.7 cm³/mol. The number of hydrogen-bond donors (Lipinski definition) is 1. The molecule has 20 heavy (non-hydrogen) atoms. The van der Waals surface area contributed by atoms with E-state index in [1.807, 2.05) is 30.3 Å². The molecule has 0 aromatic heterocycles. The molecule has 2 atom stereocenters. The van der Waals surface area contributed by atoms with Gasteiger partial charge in [-0.3, -0.25) is 19.7 Å². The van der Waals surface area contributed by atoms with Gasteiger partial charge in [-0.05, 0) is 12.0 Å². The van der Waals surface area contributed by atoms with Crippen LogP contribution in [0.5, 0.6) is 0 Å². The van der Waals surface area contributed by atoms with Gasteiger partial charge in [0.25, 0.3) is 0 Å². The fourth-order valence-corrected chi connectivity index (χ4v) is 2.96. The summed E-state index contributed by atoms with van der Waals surface area (Å²) in [5, 5.41) is 2.31. The Morgan fingerprint density at radius 3 is 2.55 bits per heavy atom. The summed E-state index contributed by atoms with van der Waals surface area (Å²) >= 11 is 0. The molecule has 1 aromatic carbocycles. The first-order valence-corrected chi connectivity index (χ1v) is 6.83. The number of nitrogens with zero attached hydrogens (tertiary/aromatic N) is 1. The number of nitrogens with one attached hydrogen (secondary N) is 1. The van der Waals surface area contributed by atoms with Gasteiger partial charge in [0.1, 0.15) is 6.04 Å². The van der Waals surface area contributed by atoms with Gasteiger partial charge in [-0.15, -0.1) is 0 Å². The Morgan fingerprint density at radius 1 is 1.10 bits per heavy atom. The lowest BCUT2D eigenvalue weighted by Crippen LogP contribution is -2.52. The van der Waals surface area contributed by atoms with Gasteiger partial charge in [-0.25, -0.2) is 0 Å². The standard InChI is InChI=1S/C15H16N2O3/c18-13-7-6-12(15(20)16-13)17-9-11(8-14(17)19)10-4-2-1-3-5-10/h1-5,11-12H,6-9H2,(H,16,18,20)/t11-,12?/m1/s1.